The van der Waals surface area contributed by atoms with Crippen molar-refractivity contribution in [3.05, 3.63) is 48.7 Å². The van der Waals surface area contributed by atoms with Crippen LogP contribution in [0.5, 0.6) is 0 Å². The van der Waals surface area contributed by atoms with E-state index in [0.29, 0.717) is 6.54 Å². The summed E-state index contributed by atoms with van der Waals surface area (Å²) in [6, 6.07) is 13.7. The van der Waals surface area contributed by atoms with Gasteiger partial charge >= 0.3 is 0 Å². The third kappa shape index (κ3) is 1.64. The molecule has 0 atom stereocenters. The van der Waals surface area contributed by atoms with Gasteiger partial charge in [-0.15, -0.1) is 6.42 Å². The summed E-state index contributed by atoms with van der Waals surface area (Å²) in [7, 11) is 0. The predicted octanol–water partition coefficient (Wildman–Crippen LogP) is 2.73. The lowest BCUT2D eigenvalue weighted by Crippen LogP contribution is -1.99. The molecule has 0 amide bonds. The van der Waals surface area contributed by atoms with Crippen molar-refractivity contribution in [3.8, 4) is 23.9 Å². The molecule has 18 heavy (non-hydrogen) atoms. The second kappa shape index (κ2) is 4.34. The second-order valence-corrected chi connectivity index (χ2v) is 3.93. The third-order valence-corrected chi connectivity index (χ3v) is 2.80. The van der Waals surface area contributed by atoms with Crippen LogP contribution in [0.3, 0.4) is 0 Å². The van der Waals surface area contributed by atoms with Crippen molar-refractivity contribution in [2.24, 2.45) is 0 Å². The largest absolute Gasteiger partial charge is 0.311 e. The number of fused-ring (bicyclic) bond motifs is 1. The Morgan fingerprint density at radius 1 is 1.11 bits per heavy atom. The minimum Gasteiger partial charge on any atom is -0.311 e. The van der Waals surface area contributed by atoms with Crippen LogP contribution in [0, 0.1) is 12.3 Å². The molecule has 3 rings (SSSR count). The zero-order valence-electron chi connectivity index (χ0n) is 9.74. The molecule has 0 bridgehead atoms. The Bertz CT molecular complexity index is 720. The first kappa shape index (κ1) is 10.5. The van der Waals surface area contributed by atoms with Crippen LogP contribution in [0.2, 0.25) is 0 Å². The zero-order chi connectivity index (χ0) is 12.4. The van der Waals surface area contributed by atoms with E-state index in [-0.39, 0.29) is 0 Å². The summed E-state index contributed by atoms with van der Waals surface area (Å²) in [6.45, 7) is 0.492. The summed E-state index contributed by atoms with van der Waals surface area (Å²) in [5.74, 6) is 3.48. The first-order valence-electron chi connectivity index (χ1n) is 5.70. The highest BCUT2D eigenvalue weighted by Crippen LogP contribution is 2.22. The van der Waals surface area contributed by atoms with Gasteiger partial charge in [0.2, 0.25) is 0 Å². The molecule has 0 radical (unpaired) electrons. The number of nitrogens with zero attached hydrogens (tertiary/aromatic N) is 3. The van der Waals surface area contributed by atoms with Gasteiger partial charge in [0.1, 0.15) is 5.69 Å². The molecule has 0 aliphatic heterocycles. The highest BCUT2D eigenvalue weighted by molar-refractivity contribution is 5.80. The van der Waals surface area contributed by atoms with Crippen LogP contribution in [-0.2, 0) is 6.54 Å². The Kier molecular flexibility index (Phi) is 2.54. The molecule has 2 aromatic heterocycles. The van der Waals surface area contributed by atoms with E-state index in [1.54, 1.807) is 6.20 Å². The SMILES string of the molecule is C#CCn1c(-c2ccccn2)nc2ccccc21. The van der Waals surface area contributed by atoms with E-state index in [1.165, 1.54) is 0 Å². The van der Waals surface area contributed by atoms with E-state index in [2.05, 4.69) is 15.9 Å². The number of hydrogen-bond donors (Lipinski definition) is 0. The molecule has 2 heterocycles. The molecular weight excluding hydrogens is 222 g/mol. The maximum Gasteiger partial charge on any atom is 0.160 e. The minimum atomic E-state index is 0.492. The molecule has 3 aromatic rings. The maximum absolute atomic E-state index is 5.44. The quantitative estimate of drug-likeness (QED) is 0.637. The molecular formula is C15H11N3. The summed E-state index contributed by atoms with van der Waals surface area (Å²) in [5.41, 5.74) is 2.81. The van der Waals surface area contributed by atoms with Crippen LogP contribution >= 0.6 is 0 Å². The van der Waals surface area contributed by atoms with E-state index < -0.39 is 0 Å². The number of imidazole rings is 1. The van der Waals surface area contributed by atoms with E-state index >= 15 is 0 Å². The van der Waals surface area contributed by atoms with Crippen molar-refractivity contribution in [2.75, 3.05) is 0 Å². The molecule has 3 nitrogen and oxygen atoms in total. The normalized spacial score (nSPS) is 10.4. The van der Waals surface area contributed by atoms with Crippen LogP contribution in [-0.4, -0.2) is 14.5 Å². The first-order chi connectivity index (χ1) is 8.90. The fourth-order valence-corrected chi connectivity index (χ4v) is 2.02. The summed E-state index contributed by atoms with van der Waals surface area (Å²) in [5, 5.41) is 0. The van der Waals surface area contributed by atoms with Gasteiger partial charge in [0.25, 0.3) is 0 Å². The third-order valence-electron chi connectivity index (χ3n) is 2.80. The Labute approximate surface area is 105 Å². The van der Waals surface area contributed by atoms with Gasteiger partial charge < -0.3 is 4.57 Å². The maximum atomic E-state index is 5.44. The smallest absolute Gasteiger partial charge is 0.160 e. The van der Waals surface area contributed by atoms with Crippen molar-refractivity contribution in [2.45, 2.75) is 6.54 Å². The second-order valence-electron chi connectivity index (χ2n) is 3.93. The first-order valence-corrected chi connectivity index (χ1v) is 5.70. The molecule has 0 saturated carbocycles. The van der Waals surface area contributed by atoms with E-state index in [0.717, 1.165) is 22.6 Å². The number of aromatic nitrogens is 3. The fraction of sp³-hybridized carbons (Fsp3) is 0.0667. The van der Waals surface area contributed by atoms with Crippen molar-refractivity contribution in [3.63, 3.8) is 0 Å². The Balaban J connectivity index is 2.29. The van der Waals surface area contributed by atoms with Gasteiger partial charge in [-0.25, -0.2) is 4.98 Å². The van der Waals surface area contributed by atoms with Crippen molar-refractivity contribution < 1.29 is 0 Å². The number of benzene rings is 1. The Morgan fingerprint density at radius 3 is 2.72 bits per heavy atom. The van der Waals surface area contributed by atoms with Gasteiger partial charge in [0.15, 0.2) is 5.82 Å². The van der Waals surface area contributed by atoms with Gasteiger partial charge in [-0.2, -0.15) is 0 Å². The summed E-state index contributed by atoms with van der Waals surface area (Å²) >= 11 is 0. The molecule has 0 unspecified atom stereocenters. The van der Waals surface area contributed by atoms with Crippen LogP contribution in [0.1, 0.15) is 0 Å². The Morgan fingerprint density at radius 2 is 1.94 bits per heavy atom. The lowest BCUT2D eigenvalue weighted by Gasteiger charge is -2.04. The lowest BCUT2D eigenvalue weighted by atomic mass is 10.3. The van der Waals surface area contributed by atoms with Crippen LogP contribution in [0.15, 0.2) is 48.7 Å². The van der Waals surface area contributed by atoms with E-state index in [9.17, 15) is 0 Å². The number of hydrogen-bond acceptors (Lipinski definition) is 2. The number of rotatable bonds is 2. The lowest BCUT2D eigenvalue weighted by molar-refractivity contribution is 0.876. The van der Waals surface area contributed by atoms with Crippen molar-refractivity contribution in [1.82, 2.24) is 14.5 Å². The van der Waals surface area contributed by atoms with Gasteiger partial charge in [-0.1, -0.05) is 24.1 Å². The number of para-hydroxylation sites is 2. The van der Waals surface area contributed by atoms with Gasteiger partial charge in [-0.05, 0) is 24.3 Å². The predicted molar refractivity (Wildman–Crippen MR) is 71.8 cm³/mol. The average Bonchev–Trinajstić information content (AvgIpc) is 2.80. The van der Waals surface area contributed by atoms with Crippen LogP contribution in [0.25, 0.3) is 22.6 Å². The molecule has 0 aliphatic rings. The van der Waals surface area contributed by atoms with Gasteiger partial charge in [0, 0.05) is 6.20 Å². The van der Waals surface area contributed by atoms with E-state index in [4.69, 9.17) is 6.42 Å². The number of terminal acetylenes is 1. The minimum absolute atomic E-state index is 0.492. The zero-order valence-corrected chi connectivity index (χ0v) is 9.74. The van der Waals surface area contributed by atoms with Gasteiger partial charge in [-0.3, -0.25) is 4.98 Å². The monoisotopic (exact) mass is 233 g/mol. The highest BCUT2D eigenvalue weighted by Gasteiger charge is 2.11. The number of pyridine rings is 1. The fourth-order valence-electron chi connectivity index (χ4n) is 2.02. The molecule has 0 aliphatic carbocycles. The molecule has 0 fully saturated rings. The van der Waals surface area contributed by atoms with Crippen LogP contribution in [0.4, 0.5) is 0 Å². The highest BCUT2D eigenvalue weighted by atomic mass is 15.1. The topological polar surface area (TPSA) is 30.7 Å². The summed E-state index contributed by atoms with van der Waals surface area (Å²) in [4.78, 5) is 8.94. The molecule has 0 saturated heterocycles. The van der Waals surface area contributed by atoms with Crippen molar-refractivity contribution >= 4 is 11.0 Å². The molecule has 0 spiro atoms. The van der Waals surface area contributed by atoms with Gasteiger partial charge in [0.05, 0.1) is 17.6 Å². The average molecular weight is 233 g/mol. The molecule has 0 N–H and O–H groups in total. The standard InChI is InChI=1S/C15H11N3/c1-2-11-18-14-9-4-3-7-12(14)17-15(18)13-8-5-6-10-16-13/h1,3-10H,11H2. The van der Waals surface area contributed by atoms with Crippen LogP contribution < -0.4 is 0 Å². The van der Waals surface area contributed by atoms with E-state index in [1.807, 2.05) is 47.0 Å². The summed E-state index contributed by atoms with van der Waals surface area (Å²) < 4.78 is 2.01. The van der Waals surface area contributed by atoms with Crippen molar-refractivity contribution in [1.29, 1.82) is 0 Å². The molecule has 3 heteroatoms. The molecule has 86 valence electrons. The molecule has 1 aromatic carbocycles. The Hall–Kier alpha value is -2.60. The summed E-state index contributed by atoms with van der Waals surface area (Å²) in [6.07, 6.45) is 7.20.